The molecule has 0 aromatic heterocycles. The first-order valence-electron chi connectivity index (χ1n) is 6.98. The number of methoxy groups -OCH3 is 2. The molecule has 0 saturated heterocycles. The van der Waals surface area contributed by atoms with Crippen LogP contribution < -0.4 is 19.5 Å². The number of halogens is 1. The van der Waals surface area contributed by atoms with Crippen LogP contribution in [0.2, 0.25) is 5.02 Å². The third-order valence-corrected chi connectivity index (χ3v) is 3.41. The molecule has 6 heteroatoms. The van der Waals surface area contributed by atoms with Gasteiger partial charge in [-0.1, -0.05) is 11.6 Å². The molecule has 0 aliphatic rings. The quantitative estimate of drug-likeness (QED) is 0.873. The van der Waals surface area contributed by atoms with Gasteiger partial charge in [0.2, 0.25) is 0 Å². The molecule has 0 heterocycles. The van der Waals surface area contributed by atoms with Crippen molar-refractivity contribution in [2.75, 3.05) is 19.5 Å². The van der Waals surface area contributed by atoms with E-state index in [1.807, 2.05) is 0 Å². The molecular formula is C17H18ClNO4. The fraction of sp³-hybridized carbons (Fsp3) is 0.235. The molecule has 2 rings (SSSR count). The monoisotopic (exact) mass is 335 g/mol. The predicted molar refractivity (Wildman–Crippen MR) is 89.7 cm³/mol. The minimum absolute atomic E-state index is 0.289. The van der Waals surface area contributed by atoms with Crippen molar-refractivity contribution < 1.29 is 19.0 Å². The van der Waals surface area contributed by atoms with Crippen LogP contribution in [0.1, 0.15) is 6.92 Å². The van der Waals surface area contributed by atoms with Gasteiger partial charge in [-0.2, -0.15) is 0 Å². The first-order chi connectivity index (χ1) is 11.0. The molecule has 2 aromatic rings. The topological polar surface area (TPSA) is 56.8 Å². The van der Waals surface area contributed by atoms with E-state index < -0.39 is 6.10 Å². The number of benzene rings is 2. The third-order valence-electron chi connectivity index (χ3n) is 3.16. The molecule has 1 atom stereocenters. The molecule has 0 saturated carbocycles. The highest BCUT2D eigenvalue weighted by molar-refractivity contribution is 6.30. The fourth-order valence-electron chi connectivity index (χ4n) is 1.91. The fourth-order valence-corrected chi connectivity index (χ4v) is 2.03. The van der Waals surface area contributed by atoms with Crippen LogP contribution in [0.3, 0.4) is 0 Å². The highest BCUT2D eigenvalue weighted by atomic mass is 35.5. The van der Waals surface area contributed by atoms with Crippen molar-refractivity contribution >= 4 is 23.2 Å². The van der Waals surface area contributed by atoms with E-state index in [0.717, 1.165) is 0 Å². The maximum absolute atomic E-state index is 12.3. The standard InChI is InChI=1S/C17H18ClNO4/c1-11(23-13-6-4-12(18)5-7-13)17(20)19-15-9-8-14(21-2)10-16(15)22-3/h4-11H,1-3H3,(H,19,20)/t11-/m1/s1. The molecule has 0 radical (unpaired) electrons. The van der Waals surface area contributed by atoms with Crippen LogP contribution >= 0.6 is 11.6 Å². The van der Waals surface area contributed by atoms with Gasteiger partial charge in [0.1, 0.15) is 17.2 Å². The highest BCUT2D eigenvalue weighted by Gasteiger charge is 2.17. The second kappa shape index (κ2) is 7.74. The Labute approximate surface area is 140 Å². The Morgan fingerprint density at radius 2 is 1.70 bits per heavy atom. The van der Waals surface area contributed by atoms with Crippen molar-refractivity contribution in [1.82, 2.24) is 0 Å². The Hall–Kier alpha value is -2.40. The summed E-state index contributed by atoms with van der Waals surface area (Å²) in [4.78, 5) is 12.3. The summed E-state index contributed by atoms with van der Waals surface area (Å²) in [5, 5.41) is 3.38. The molecule has 0 bridgehead atoms. The van der Waals surface area contributed by atoms with Gasteiger partial charge in [0.15, 0.2) is 6.10 Å². The molecule has 0 spiro atoms. The zero-order valence-corrected chi connectivity index (χ0v) is 13.9. The zero-order valence-electron chi connectivity index (χ0n) is 13.1. The molecule has 5 nitrogen and oxygen atoms in total. The minimum Gasteiger partial charge on any atom is -0.497 e. The van der Waals surface area contributed by atoms with Crippen LogP contribution in [0, 0.1) is 0 Å². The Kier molecular flexibility index (Phi) is 5.71. The van der Waals surface area contributed by atoms with Crippen molar-refractivity contribution in [1.29, 1.82) is 0 Å². The normalized spacial score (nSPS) is 11.5. The van der Waals surface area contributed by atoms with Gasteiger partial charge in [-0.15, -0.1) is 0 Å². The molecule has 23 heavy (non-hydrogen) atoms. The number of nitrogens with one attached hydrogen (secondary N) is 1. The highest BCUT2D eigenvalue weighted by Crippen LogP contribution is 2.29. The summed E-state index contributed by atoms with van der Waals surface area (Å²) in [6.45, 7) is 1.67. The first kappa shape index (κ1) is 17.0. The van der Waals surface area contributed by atoms with E-state index in [1.54, 1.807) is 56.5 Å². The summed E-state index contributed by atoms with van der Waals surface area (Å²) in [5.74, 6) is 1.43. The zero-order chi connectivity index (χ0) is 16.8. The molecule has 0 fully saturated rings. The smallest absolute Gasteiger partial charge is 0.265 e. The average Bonchev–Trinajstić information content (AvgIpc) is 2.57. The minimum atomic E-state index is -0.678. The van der Waals surface area contributed by atoms with E-state index in [-0.39, 0.29) is 5.91 Å². The summed E-state index contributed by atoms with van der Waals surface area (Å²) in [6, 6.07) is 12.0. The number of hydrogen-bond acceptors (Lipinski definition) is 4. The van der Waals surface area contributed by atoms with Gasteiger partial charge in [-0.25, -0.2) is 0 Å². The van der Waals surface area contributed by atoms with Crippen LogP contribution in [-0.4, -0.2) is 26.2 Å². The lowest BCUT2D eigenvalue weighted by atomic mass is 10.2. The lowest BCUT2D eigenvalue weighted by Crippen LogP contribution is -2.30. The average molecular weight is 336 g/mol. The van der Waals surface area contributed by atoms with Crippen molar-refractivity contribution in [3.8, 4) is 17.2 Å². The maximum atomic E-state index is 12.3. The van der Waals surface area contributed by atoms with Gasteiger partial charge in [0.25, 0.3) is 5.91 Å². The molecule has 122 valence electrons. The Bertz CT molecular complexity index is 673. The van der Waals surface area contributed by atoms with E-state index in [0.29, 0.717) is 28.0 Å². The Morgan fingerprint density at radius 1 is 1.04 bits per heavy atom. The number of rotatable bonds is 6. The SMILES string of the molecule is COc1ccc(NC(=O)[C@@H](C)Oc2ccc(Cl)cc2)c(OC)c1. The number of carbonyl (C=O) groups is 1. The second-order valence-electron chi connectivity index (χ2n) is 4.77. The molecule has 0 aliphatic heterocycles. The van der Waals surface area contributed by atoms with Crippen LogP contribution in [0.4, 0.5) is 5.69 Å². The summed E-state index contributed by atoms with van der Waals surface area (Å²) in [5.41, 5.74) is 0.546. The molecule has 1 N–H and O–H groups in total. The van der Waals surface area contributed by atoms with E-state index in [9.17, 15) is 4.79 Å². The van der Waals surface area contributed by atoms with Gasteiger partial charge >= 0.3 is 0 Å². The van der Waals surface area contributed by atoms with Crippen molar-refractivity contribution in [2.24, 2.45) is 0 Å². The number of carbonyl (C=O) groups excluding carboxylic acids is 1. The van der Waals surface area contributed by atoms with Crippen molar-refractivity contribution in [3.63, 3.8) is 0 Å². The van der Waals surface area contributed by atoms with Crippen LogP contribution in [-0.2, 0) is 4.79 Å². The second-order valence-corrected chi connectivity index (χ2v) is 5.21. The van der Waals surface area contributed by atoms with Crippen molar-refractivity contribution in [3.05, 3.63) is 47.5 Å². The van der Waals surface area contributed by atoms with Crippen LogP contribution in [0.25, 0.3) is 0 Å². The van der Waals surface area contributed by atoms with Gasteiger partial charge in [0, 0.05) is 11.1 Å². The maximum Gasteiger partial charge on any atom is 0.265 e. The molecular weight excluding hydrogens is 318 g/mol. The lowest BCUT2D eigenvalue weighted by Gasteiger charge is -2.16. The Morgan fingerprint density at radius 3 is 2.30 bits per heavy atom. The van der Waals surface area contributed by atoms with E-state index >= 15 is 0 Å². The number of amides is 1. The predicted octanol–water partition coefficient (Wildman–Crippen LogP) is 3.76. The van der Waals surface area contributed by atoms with Crippen LogP contribution in [0.5, 0.6) is 17.2 Å². The lowest BCUT2D eigenvalue weighted by molar-refractivity contribution is -0.122. The first-order valence-corrected chi connectivity index (χ1v) is 7.36. The molecule has 0 aliphatic carbocycles. The van der Waals surface area contributed by atoms with Gasteiger partial charge in [-0.3, -0.25) is 4.79 Å². The molecule has 0 unspecified atom stereocenters. The number of ether oxygens (including phenoxy) is 3. The van der Waals surface area contributed by atoms with Gasteiger partial charge in [0.05, 0.1) is 19.9 Å². The summed E-state index contributed by atoms with van der Waals surface area (Å²) >= 11 is 5.82. The van der Waals surface area contributed by atoms with E-state index in [2.05, 4.69) is 5.32 Å². The summed E-state index contributed by atoms with van der Waals surface area (Å²) < 4.78 is 16.0. The molecule has 1 amide bonds. The van der Waals surface area contributed by atoms with Crippen LogP contribution in [0.15, 0.2) is 42.5 Å². The number of hydrogen-bond donors (Lipinski definition) is 1. The summed E-state index contributed by atoms with van der Waals surface area (Å²) in [6.07, 6.45) is -0.678. The van der Waals surface area contributed by atoms with E-state index in [1.165, 1.54) is 7.11 Å². The van der Waals surface area contributed by atoms with E-state index in [4.69, 9.17) is 25.8 Å². The number of anilines is 1. The van der Waals surface area contributed by atoms with Crippen molar-refractivity contribution in [2.45, 2.75) is 13.0 Å². The molecule has 2 aromatic carbocycles. The summed E-state index contributed by atoms with van der Waals surface area (Å²) in [7, 11) is 3.09. The van der Waals surface area contributed by atoms with Gasteiger partial charge in [-0.05, 0) is 43.3 Å². The van der Waals surface area contributed by atoms with Gasteiger partial charge < -0.3 is 19.5 Å². The third kappa shape index (κ3) is 4.53. The Balaban J connectivity index is 2.04. The largest absolute Gasteiger partial charge is 0.497 e.